The van der Waals surface area contributed by atoms with Crippen LogP contribution in [-0.4, -0.2) is 67.2 Å². The van der Waals surface area contributed by atoms with Gasteiger partial charge in [0.15, 0.2) is 6.10 Å². The van der Waals surface area contributed by atoms with Crippen molar-refractivity contribution in [1.82, 2.24) is 4.90 Å². The molecule has 8 nitrogen and oxygen atoms in total. The Morgan fingerprint density at radius 2 is 2.08 bits per heavy atom. The van der Waals surface area contributed by atoms with Crippen LogP contribution in [-0.2, 0) is 19.1 Å². The van der Waals surface area contributed by atoms with E-state index in [1.807, 2.05) is 19.1 Å². The molecular weight excluding hydrogens is 340 g/mol. The lowest BCUT2D eigenvalue weighted by Crippen LogP contribution is -2.50. The van der Waals surface area contributed by atoms with Crippen LogP contribution in [0.5, 0.6) is 5.75 Å². The summed E-state index contributed by atoms with van der Waals surface area (Å²) < 4.78 is 10.5. The van der Waals surface area contributed by atoms with Gasteiger partial charge in [0.1, 0.15) is 5.75 Å². The fourth-order valence-electron chi connectivity index (χ4n) is 3.37. The number of morpholine rings is 1. The molecule has 3 rings (SSSR count). The van der Waals surface area contributed by atoms with Crippen molar-refractivity contribution in [2.45, 2.75) is 19.4 Å². The number of aryl methyl sites for hydroxylation is 1. The Kier molecular flexibility index (Phi) is 5.13. The normalized spacial score (nSPS) is 23.2. The Hall–Kier alpha value is -2.61. The third kappa shape index (κ3) is 3.50. The lowest BCUT2D eigenvalue weighted by molar-refractivity contribution is -0.160. The number of methoxy groups -OCH3 is 1. The number of carbonyl (C=O) groups excluding carboxylic acids is 2. The molecule has 8 heteroatoms. The van der Waals surface area contributed by atoms with Crippen LogP contribution in [0, 0.1) is 12.8 Å². The van der Waals surface area contributed by atoms with Gasteiger partial charge in [0.25, 0.3) is 0 Å². The molecule has 0 radical (unpaired) electrons. The number of anilines is 1. The maximum atomic E-state index is 12.8. The number of benzene rings is 1. The highest BCUT2D eigenvalue weighted by Crippen LogP contribution is 2.34. The summed E-state index contributed by atoms with van der Waals surface area (Å²) in [5, 5.41) is 9.08. The van der Waals surface area contributed by atoms with Crippen molar-refractivity contribution >= 4 is 23.5 Å². The number of amides is 2. The first-order chi connectivity index (χ1) is 12.4. The maximum Gasteiger partial charge on any atom is 0.334 e. The zero-order valence-electron chi connectivity index (χ0n) is 14.8. The molecule has 0 saturated carbocycles. The molecule has 0 unspecified atom stereocenters. The molecule has 1 aromatic rings. The molecule has 2 fully saturated rings. The second-order valence-electron chi connectivity index (χ2n) is 6.56. The maximum absolute atomic E-state index is 12.8. The monoisotopic (exact) mass is 362 g/mol. The second kappa shape index (κ2) is 7.33. The van der Waals surface area contributed by atoms with Crippen LogP contribution >= 0.6 is 0 Å². The van der Waals surface area contributed by atoms with Crippen LogP contribution in [0.1, 0.15) is 12.0 Å². The van der Waals surface area contributed by atoms with Gasteiger partial charge >= 0.3 is 5.97 Å². The van der Waals surface area contributed by atoms with Gasteiger partial charge in [-0.2, -0.15) is 0 Å². The summed E-state index contributed by atoms with van der Waals surface area (Å²) >= 11 is 0. The van der Waals surface area contributed by atoms with E-state index in [9.17, 15) is 14.4 Å². The Bertz CT molecular complexity index is 734. The minimum atomic E-state index is -1.09. The van der Waals surface area contributed by atoms with E-state index in [1.165, 1.54) is 12.0 Å². The number of carboxylic acid groups (broad SMARTS) is 1. The van der Waals surface area contributed by atoms with E-state index in [-0.39, 0.29) is 37.9 Å². The number of ether oxygens (including phenoxy) is 2. The molecule has 1 N–H and O–H groups in total. The van der Waals surface area contributed by atoms with Gasteiger partial charge in [-0.05, 0) is 24.6 Å². The number of rotatable bonds is 4. The van der Waals surface area contributed by atoms with Crippen molar-refractivity contribution in [1.29, 1.82) is 0 Å². The summed E-state index contributed by atoms with van der Waals surface area (Å²) in [6, 6.07) is 5.55. The largest absolute Gasteiger partial charge is 0.495 e. The fourth-order valence-corrected chi connectivity index (χ4v) is 3.37. The van der Waals surface area contributed by atoms with Gasteiger partial charge in [-0.3, -0.25) is 9.59 Å². The average Bonchev–Trinajstić information content (AvgIpc) is 3.02. The smallest absolute Gasteiger partial charge is 0.334 e. The van der Waals surface area contributed by atoms with Crippen LogP contribution in [0.2, 0.25) is 0 Å². The molecule has 2 aliphatic rings. The zero-order chi connectivity index (χ0) is 18.8. The van der Waals surface area contributed by atoms with Crippen LogP contribution in [0.25, 0.3) is 0 Å². The molecule has 0 spiro atoms. The Morgan fingerprint density at radius 1 is 1.31 bits per heavy atom. The number of hydrogen-bond acceptors (Lipinski definition) is 5. The molecule has 0 bridgehead atoms. The predicted molar refractivity (Wildman–Crippen MR) is 92.1 cm³/mol. The van der Waals surface area contributed by atoms with Gasteiger partial charge in [-0.15, -0.1) is 0 Å². The van der Waals surface area contributed by atoms with Crippen molar-refractivity contribution in [3.8, 4) is 5.75 Å². The molecule has 2 saturated heterocycles. The second-order valence-corrected chi connectivity index (χ2v) is 6.56. The van der Waals surface area contributed by atoms with Gasteiger partial charge < -0.3 is 24.4 Å². The highest BCUT2D eigenvalue weighted by Gasteiger charge is 2.40. The zero-order valence-corrected chi connectivity index (χ0v) is 14.8. The van der Waals surface area contributed by atoms with E-state index in [0.29, 0.717) is 18.0 Å². The Morgan fingerprint density at radius 3 is 2.77 bits per heavy atom. The van der Waals surface area contributed by atoms with Crippen molar-refractivity contribution in [2.24, 2.45) is 5.92 Å². The first kappa shape index (κ1) is 18.2. The highest BCUT2D eigenvalue weighted by atomic mass is 16.5. The molecule has 140 valence electrons. The molecule has 2 atom stereocenters. The quantitative estimate of drug-likeness (QED) is 0.846. The standard InChI is InChI=1S/C18H22N2O6/c1-11-3-4-14(25-2)13(7-11)20-9-12(8-16(20)21)17(22)19-5-6-26-15(10-19)18(23)24/h3-4,7,12,15H,5-6,8-10H2,1-2H3,(H,23,24)/t12-,15+/m1/s1. The van der Waals surface area contributed by atoms with Crippen LogP contribution in [0.15, 0.2) is 18.2 Å². The van der Waals surface area contributed by atoms with E-state index < -0.39 is 18.0 Å². The van der Waals surface area contributed by atoms with Crippen molar-refractivity contribution in [2.75, 3.05) is 38.3 Å². The molecule has 2 heterocycles. The number of nitrogens with zero attached hydrogens (tertiary/aromatic N) is 2. The Balaban J connectivity index is 1.74. The van der Waals surface area contributed by atoms with Crippen molar-refractivity contribution in [3.05, 3.63) is 23.8 Å². The van der Waals surface area contributed by atoms with Gasteiger partial charge in [-0.1, -0.05) is 6.07 Å². The van der Waals surface area contributed by atoms with Gasteiger partial charge in [0.2, 0.25) is 11.8 Å². The SMILES string of the molecule is COc1ccc(C)cc1N1C[C@H](C(=O)N2CCO[C@H](C(=O)O)C2)CC1=O. The minimum Gasteiger partial charge on any atom is -0.495 e. The average molecular weight is 362 g/mol. The highest BCUT2D eigenvalue weighted by molar-refractivity contribution is 6.01. The van der Waals surface area contributed by atoms with Crippen molar-refractivity contribution in [3.63, 3.8) is 0 Å². The summed E-state index contributed by atoms with van der Waals surface area (Å²) in [6.45, 7) is 2.70. The van der Waals surface area contributed by atoms with Gasteiger partial charge in [0, 0.05) is 19.5 Å². The molecule has 0 aromatic heterocycles. The summed E-state index contributed by atoms with van der Waals surface area (Å²) in [5.41, 5.74) is 1.64. The van der Waals surface area contributed by atoms with E-state index in [1.54, 1.807) is 11.0 Å². The third-order valence-corrected chi connectivity index (χ3v) is 4.75. The Labute approximate surface area is 151 Å². The lowest BCUT2D eigenvalue weighted by atomic mass is 10.1. The van der Waals surface area contributed by atoms with E-state index in [4.69, 9.17) is 14.6 Å². The molecular formula is C18H22N2O6. The van der Waals surface area contributed by atoms with Crippen LogP contribution in [0.3, 0.4) is 0 Å². The van der Waals surface area contributed by atoms with Gasteiger partial charge in [-0.25, -0.2) is 4.79 Å². The number of aliphatic carboxylic acids is 1. The molecule has 26 heavy (non-hydrogen) atoms. The predicted octanol–water partition coefficient (Wildman–Crippen LogP) is 0.669. The molecule has 2 aliphatic heterocycles. The van der Waals surface area contributed by atoms with E-state index >= 15 is 0 Å². The number of carbonyl (C=O) groups is 3. The molecule has 0 aliphatic carbocycles. The van der Waals surface area contributed by atoms with E-state index in [0.717, 1.165) is 5.56 Å². The van der Waals surface area contributed by atoms with Crippen LogP contribution in [0.4, 0.5) is 5.69 Å². The molecule has 2 amide bonds. The number of carboxylic acids is 1. The first-order valence-corrected chi connectivity index (χ1v) is 8.49. The molecule has 1 aromatic carbocycles. The van der Waals surface area contributed by atoms with E-state index in [2.05, 4.69) is 0 Å². The topological polar surface area (TPSA) is 96.4 Å². The van der Waals surface area contributed by atoms with Gasteiger partial charge in [0.05, 0.1) is 31.9 Å². The lowest BCUT2D eigenvalue weighted by Gasteiger charge is -2.32. The summed E-state index contributed by atoms with van der Waals surface area (Å²) in [5.74, 6) is -1.36. The summed E-state index contributed by atoms with van der Waals surface area (Å²) in [6.07, 6.45) is -0.914. The summed E-state index contributed by atoms with van der Waals surface area (Å²) in [4.78, 5) is 39.4. The number of hydrogen-bond donors (Lipinski definition) is 1. The summed E-state index contributed by atoms with van der Waals surface area (Å²) in [7, 11) is 1.54. The fraction of sp³-hybridized carbons (Fsp3) is 0.500. The van der Waals surface area contributed by atoms with Crippen LogP contribution < -0.4 is 9.64 Å². The first-order valence-electron chi connectivity index (χ1n) is 8.49. The van der Waals surface area contributed by atoms with Crippen molar-refractivity contribution < 1.29 is 29.0 Å². The third-order valence-electron chi connectivity index (χ3n) is 4.75. The minimum absolute atomic E-state index is 0.00657.